The van der Waals surface area contributed by atoms with Gasteiger partial charge in [-0.2, -0.15) is 0 Å². The quantitative estimate of drug-likeness (QED) is 0.716. The van der Waals surface area contributed by atoms with Gasteiger partial charge in [0.15, 0.2) is 0 Å². The standard InChI is InChI=1S/C12H9NO3S/c13-17(14,15)11-7-3-6-10-12(11)8-4-1-2-5-9(8)16-10/h1-7H,(H2,13,14,15). The zero-order valence-corrected chi connectivity index (χ0v) is 9.57. The van der Waals surface area contributed by atoms with Crippen molar-refractivity contribution < 1.29 is 12.8 Å². The second-order valence-corrected chi connectivity index (χ2v) is 5.30. The van der Waals surface area contributed by atoms with Crippen LogP contribution in [0.4, 0.5) is 0 Å². The summed E-state index contributed by atoms with van der Waals surface area (Å²) < 4.78 is 28.6. The zero-order valence-electron chi connectivity index (χ0n) is 8.75. The zero-order chi connectivity index (χ0) is 12.0. The first-order valence-corrected chi connectivity index (χ1v) is 6.55. The summed E-state index contributed by atoms with van der Waals surface area (Å²) in [4.78, 5) is 0.0972. The van der Waals surface area contributed by atoms with Crippen LogP contribution in [-0.4, -0.2) is 8.42 Å². The van der Waals surface area contributed by atoms with Gasteiger partial charge in [0.25, 0.3) is 0 Å². The van der Waals surface area contributed by atoms with E-state index in [1.165, 1.54) is 6.07 Å². The number of furan rings is 1. The van der Waals surface area contributed by atoms with Gasteiger partial charge in [0, 0.05) is 10.8 Å². The third-order valence-electron chi connectivity index (χ3n) is 2.67. The molecule has 0 radical (unpaired) electrons. The van der Waals surface area contributed by atoms with Gasteiger partial charge < -0.3 is 4.42 Å². The molecule has 0 aliphatic rings. The molecule has 0 amide bonds. The minimum absolute atomic E-state index is 0.0972. The Morgan fingerprint density at radius 3 is 2.41 bits per heavy atom. The fourth-order valence-electron chi connectivity index (χ4n) is 1.98. The minimum Gasteiger partial charge on any atom is -0.456 e. The Hall–Kier alpha value is -1.85. The summed E-state index contributed by atoms with van der Waals surface area (Å²) in [5.41, 5.74) is 1.18. The lowest BCUT2D eigenvalue weighted by atomic mass is 10.1. The molecule has 0 bridgehead atoms. The predicted molar refractivity (Wildman–Crippen MR) is 65.1 cm³/mol. The Morgan fingerprint density at radius 1 is 0.941 bits per heavy atom. The van der Waals surface area contributed by atoms with E-state index in [1.54, 1.807) is 18.2 Å². The van der Waals surface area contributed by atoms with E-state index in [0.717, 1.165) is 5.39 Å². The van der Waals surface area contributed by atoms with Crippen molar-refractivity contribution in [1.29, 1.82) is 0 Å². The number of nitrogens with two attached hydrogens (primary N) is 1. The second-order valence-electron chi connectivity index (χ2n) is 3.77. The SMILES string of the molecule is NS(=O)(=O)c1cccc2oc3ccccc3c12. The number of para-hydroxylation sites is 1. The van der Waals surface area contributed by atoms with Crippen molar-refractivity contribution in [2.45, 2.75) is 4.90 Å². The molecule has 4 nitrogen and oxygen atoms in total. The molecule has 0 fully saturated rings. The van der Waals surface area contributed by atoms with Gasteiger partial charge in [0.1, 0.15) is 11.2 Å². The summed E-state index contributed by atoms with van der Waals surface area (Å²) in [7, 11) is -3.75. The van der Waals surface area contributed by atoms with Gasteiger partial charge in [0.2, 0.25) is 10.0 Å². The van der Waals surface area contributed by atoms with Gasteiger partial charge in [-0.1, -0.05) is 24.3 Å². The Morgan fingerprint density at radius 2 is 1.65 bits per heavy atom. The van der Waals surface area contributed by atoms with E-state index >= 15 is 0 Å². The van der Waals surface area contributed by atoms with Crippen LogP contribution in [0.3, 0.4) is 0 Å². The Bertz CT molecular complexity index is 818. The normalized spacial score (nSPS) is 12.3. The molecule has 0 atom stereocenters. The molecule has 0 saturated heterocycles. The van der Waals surface area contributed by atoms with E-state index in [9.17, 15) is 8.42 Å². The first-order valence-electron chi connectivity index (χ1n) is 5.00. The van der Waals surface area contributed by atoms with Crippen LogP contribution in [0.25, 0.3) is 21.9 Å². The first kappa shape index (κ1) is 10.3. The Kier molecular flexibility index (Phi) is 2.01. The van der Waals surface area contributed by atoms with Crippen molar-refractivity contribution in [2.24, 2.45) is 5.14 Å². The molecule has 0 saturated carbocycles. The van der Waals surface area contributed by atoms with E-state index in [2.05, 4.69) is 0 Å². The highest BCUT2D eigenvalue weighted by atomic mass is 32.2. The van der Waals surface area contributed by atoms with Crippen LogP contribution in [-0.2, 0) is 10.0 Å². The molecule has 3 aromatic rings. The van der Waals surface area contributed by atoms with Crippen LogP contribution < -0.4 is 5.14 Å². The summed E-state index contributed by atoms with van der Waals surface area (Å²) in [5.74, 6) is 0. The third-order valence-corrected chi connectivity index (χ3v) is 3.62. The number of sulfonamides is 1. The first-order chi connectivity index (χ1) is 8.07. The second kappa shape index (κ2) is 3.32. The molecule has 5 heteroatoms. The molecule has 1 aromatic heterocycles. The molecule has 3 rings (SSSR count). The van der Waals surface area contributed by atoms with Crippen LogP contribution in [0.2, 0.25) is 0 Å². The topological polar surface area (TPSA) is 73.3 Å². The Labute approximate surface area is 97.7 Å². The maximum Gasteiger partial charge on any atom is 0.238 e. The molecule has 0 unspecified atom stereocenters. The van der Waals surface area contributed by atoms with Crippen LogP contribution in [0.1, 0.15) is 0 Å². The van der Waals surface area contributed by atoms with Crippen molar-refractivity contribution in [3.8, 4) is 0 Å². The van der Waals surface area contributed by atoms with Crippen molar-refractivity contribution in [3.05, 3.63) is 42.5 Å². The molecule has 86 valence electrons. The molecule has 0 aliphatic carbocycles. The molecule has 1 heterocycles. The Balaban J connectivity index is 2.61. The van der Waals surface area contributed by atoms with Crippen molar-refractivity contribution in [1.82, 2.24) is 0 Å². The molecule has 0 aliphatic heterocycles. The summed E-state index contributed by atoms with van der Waals surface area (Å²) in [6.45, 7) is 0. The van der Waals surface area contributed by atoms with Crippen LogP contribution >= 0.6 is 0 Å². The maximum absolute atomic E-state index is 11.5. The number of rotatable bonds is 1. The summed E-state index contributed by atoms with van der Waals surface area (Å²) >= 11 is 0. The number of benzene rings is 2. The number of primary sulfonamides is 1. The van der Waals surface area contributed by atoms with Crippen LogP contribution in [0, 0.1) is 0 Å². The smallest absolute Gasteiger partial charge is 0.238 e. The van der Waals surface area contributed by atoms with Crippen LogP contribution in [0.5, 0.6) is 0 Å². The highest BCUT2D eigenvalue weighted by Crippen LogP contribution is 2.32. The summed E-state index contributed by atoms with van der Waals surface area (Å²) in [5, 5.41) is 6.51. The molecule has 17 heavy (non-hydrogen) atoms. The van der Waals surface area contributed by atoms with E-state index in [-0.39, 0.29) is 4.90 Å². The molecule has 0 spiro atoms. The largest absolute Gasteiger partial charge is 0.456 e. The molecular formula is C12H9NO3S. The van der Waals surface area contributed by atoms with Crippen molar-refractivity contribution in [2.75, 3.05) is 0 Å². The molecule has 2 aromatic carbocycles. The number of hydrogen-bond donors (Lipinski definition) is 1. The molecule has 2 N–H and O–H groups in total. The third kappa shape index (κ3) is 1.51. The lowest BCUT2D eigenvalue weighted by Gasteiger charge is -1.99. The monoisotopic (exact) mass is 247 g/mol. The van der Waals surface area contributed by atoms with Crippen molar-refractivity contribution in [3.63, 3.8) is 0 Å². The average molecular weight is 247 g/mol. The van der Waals surface area contributed by atoms with Crippen LogP contribution in [0.15, 0.2) is 51.8 Å². The highest BCUT2D eigenvalue weighted by molar-refractivity contribution is 7.89. The lowest BCUT2D eigenvalue weighted by molar-refractivity contribution is 0.598. The van der Waals surface area contributed by atoms with E-state index in [4.69, 9.17) is 9.56 Å². The van der Waals surface area contributed by atoms with E-state index in [1.807, 2.05) is 18.2 Å². The van der Waals surface area contributed by atoms with Gasteiger partial charge in [-0.15, -0.1) is 0 Å². The summed E-state index contributed by atoms with van der Waals surface area (Å²) in [6.07, 6.45) is 0. The predicted octanol–water partition coefficient (Wildman–Crippen LogP) is 2.23. The van der Waals surface area contributed by atoms with Gasteiger partial charge in [0.05, 0.1) is 4.90 Å². The molecular weight excluding hydrogens is 238 g/mol. The van der Waals surface area contributed by atoms with Gasteiger partial charge in [-0.25, -0.2) is 13.6 Å². The van der Waals surface area contributed by atoms with Gasteiger partial charge in [-0.3, -0.25) is 0 Å². The number of hydrogen-bond acceptors (Lipinski definition) is 3. The van der Waals surface area contributed by atoms with E-state index in [0.29, 0.717) is 16.6 Å². The highest BCUT2D eigenvalue weighted by Gasteiger charge is 2.17. The fourth-order valence-corrected chi connectivity index (χ4v) is 2.74. The maximum atomic E-state index is 11.5. The number of fused-ring (bicyclic) bond motifs is 3. The summed E-state index contributed by atoms with van der Waals surface area (Å²) in [6, 6.07) is 12.1. The average Bonchev–Trinajstić information content (AvgIpc) is 2.65. The van der Waals surface area contributed by atoms with Crippen molar-refractivity contribution >= 4 is 32.0 Å². The van der Waals surface area contributed by atoms with Gasteiger partial charge in [-0.05, 0) is 18.2 Å². The minimum atomic E-state index is -3.75. The fraction of sp³-hybridized carbons (Fsp3) is 0. The lowest BCUT2D eigenvalue weighted by Crippen LogP contribution is -2.12. The van der Waals surface area contributed by atoms with Gasteiger partial charge >= 0.3 is 0 Å². The van der Waals surface area contributed by atoms with E-state index < -0.39 is 10.0 Å².